The van der Waals surface area contributed by atoms with Gasteiger partial charge in [-0.3, -0.25) is 0 Å². The first-order valence-corrected chi connectivity index (χ1v) is 6.19. The van der Waals surface area contributed by atoms with Gasteiger partial charge in [0.05, 0.1) is 12.0 Å². The van der Waals surface area contributed by atoms with Crippen molar-refractivity contribution in [2.75, 3.05) is 5.73 Å². The van der Waals surface area contributed by atoms with Crippen LogP contribution in [0.1, 0.15) is 20.3 Å². The van der Waals surface area contributed by atoms with Crippen molar-refractivity contribution in [2.45, 2.75) is 25.9 Å². The molecule has 0 fully saturated rings. The van der Waals surface area contributed by atoms with Gasteiger partial charge in [-0.05, 0) is 26.0 Å². The third-order valence-corrected chi connectivity index (χ3v) is 2.79. The minimum absolute atomic E-state index is 0.328. The number of nitrogen functional groups attached to an aromatic ring is 1. The zero-order valence-corrected chi connectivity index (χ0v) is 11.3. The Morgan fingerprint density at radius 3 is 2.89 bits per heavy atom. The summed E-state index contributed by atoms with van der Waals surface area (Å²) < 4.78 is 7.98. The van der Waals surface area contributed by atoms with Crippen LogP contribution >= 0.6 is 0 Å². The first-order valence-electron chi connectivity index (χ1n) is 6.19. The number of nitrogens with zero attached hydrogens (tertiary/aromatic N) is 2. The summed E-state index contributed by atoms with van der Waals surface area (Å²) in [6.07, 6.45) is 7.95. The minimum atomic E-state index is -0.328. The van der Waals surface area contributed by atoms with Crippen molar-refractivity contribution in [3.63, 3.8) is 0 Å². The predicted molar refractivity (Wildman–Crippen MR) is 77.5 cm³/mol. The lowest BCUT2D eigenvalue weighted by Gasteiger charge is -2.26. The molecule has 0 atom stereocenters. The van der Waals surface area contributed by atoms with E-state index in [0.29, 0.717) is 5.69 Å². The lowest BCUT2D eigenvalue weighted by Crippen LogP contribution is -2.27. The van der Waals surface area contributed by atoms with E-state index in [1.807, 2.05) is 48.9 Å². The molecule has 2 aromatic rings. The molecule has 4 heteroatoms. The zero-order chi connectivity index (χ0) is 13.9. The number of aromatic nitrogens is 2. The molecule has 0 aliphatic rings. The van der Waals surface area contributed by atoms with Gasteiger partial charge in [-0.2, -0.15) is 0 Å². The van der Waals surface area contributed by atoms with E-state index in [0.717, 1.165) is 17.9 Å². The Morgan fingerprint density at radius 2 is 2.26 bits per heavy atom. The summed E-state index contributed by atoms with van der Waals surface area (Å²) in [7, 11) is 0. The number of imidazole rings is 1. The van der Waals surface area contributed by atoms with Gasteiger partial charge in [-0.25, -0.2) is 4.98 Å². The van der Waals surface area contributed by atoms with Crippen LogP contribution in [0.4, 0.5) is 5.69 Å². The molecule has 1 aromatic carbocycles. The molecule has 2 N–H and O–H groups in total. The highest BCUT2D eigenvalue weighted by atomic mass is 16.5. The van der Waals surface area contributed by atoms with E-state index in [4.69, 9.17) is 10.5 Å². The Morgan fingerprint density at radius 1 is 1.47 bits per heavy atom. The maximum absolute atomic E-state index is 6.08. The molecule has 0 unspecified atom stereocenters. The Labute approximate surface area is 113 Å². The molecule has 0 bridgehead atoms. The SMILES string of the molecule is C=CCC(C)(C)Oc1cc(N)ccc1-n1ccnc1. The quantitative estimate of drug-likeness (QED) is 0.661. The maximum atomic E-state index is 6.08. The summed E-state index contributed by atoms with van der Waals surface area (Å²) in [6, 6.07) is 5.61. The molecule has 19 heavy (non-hydrogen) atoms. The lowest BCUT2D eigenvalue weighted by atomic mass is 10.1. The number of hydrogen-bond donors (Lipinski definition) is 1. The molecule has 0 saturated carbocycles. The largest absolute Gasteiger partial charge is 0.485 e. The molecule has 0 radical (unpaired) electrons. The summed E-state index contributed by atoms with van der Waals surface area (Å²) in [5.74, 6) is 0.741. The van der Waals surface area contributed by atoms with Crippen molar-refractivity contribution in [1.29, 1.82) is 0 Å². The van der Waals surface area contributed by atoms with Gasteiger partial charge >= 0.3 is 0 Å². The molecule has 0 amide bonds. The van der Waals surface area contributed by atoms with Crippen molar-refractivity contribution in [3.05, 3.63) is 49.6 Å². The van der Waals surface area contributed by atoms with Gasteiger partial charge in [-0.15, -0.1) is 6.58 Å². The van der Waals surface area contributed by atoms with Crippen molar-refractivity contribution >= 4 is 5.69 Å². The summed E-state index contributed by atoms with van der Waals surface area (Å²) in [6.45, 7) is 7.80. The van der Waals surface area contributed by atoms with Gasteiger partial charge in [0.1, 0.15) is 11.4 Å². The van der Waals surface area contributed by atoms with Crippen LogP contribution < -0.4 is 10.5 Å². The first kappa shape index (κ1) is 13.2. The van der Waals surface area contributed by atoms with Crippen molar-refractivity contribution < 1.29 is 4.74 Å². The molecule has 1 aromatic heterocycles. The molecule has 100 valence electrons. The Hall–Kier alpha value is -2.23. The number of nitrogens with two attached hydrogens (primary N) is 1. The number of benzene rings is 1. The van der Waals surface area contributed by atoms with E-state index in [2.05, 4.69) is 11.6 Å². The smallest absolute Gasteiger partial charge is 0.146 e. The molecule has 1 heterocycles. The van der Waals surface area contributed by atoms with E-state index < -0.39 is 0 Å². The Kier molecular flexibility index (Phi) is 3.60. The fourth-order valence-corrected chi connectivity index (χ4v) is 1.91. The van der Waals surface area contributed by atoms with Crippen LogP contribution in [0.2, 0.25) is 0 Å². The predicted octanol–water partition coefficient (Wildman–Crippen LogP) is 3.19. The summed E-state index contributed by atoms with van der Waals surface area (Å²) >= 11 is 0. The topological polar surface area (TPSA) is 53.1 Å². The van der Waals surface area contributed by atoms with Crippen LogP contribution in [0, 0.1) is 0 Å². The van der Waals surface area contributed by atoms with Crippen molar-refractivity contribution in [1.82, 2.24) is 9.55 Å². The minimum Gasteiger partial charge on any atom is -0.485 e. The van der Waals surface area contributed by atoms with E-state index in [1.165, 1.54) is 0 Å². The molecule has 0 spiro atoms. The van der Waals surface area contributed by atoms with Gasteiger partial charge in [0.2, 0.25) is 0 Å². The first-order chi connectivity index (χ1) is 9.02. The monoisotopic (exact) mass is 257 g/mol. The molecular formula is C15H19N3O. The van der Waals surface area contributed by atoms with E-state index in [9.17, 15) is 0 Å². The normalized spacial score (nSPS) is 11.3. The van der Waals surface area contributed by atoms with Crippen molar-refractivity contribution in [3.8, 4) is 11.4 Å². The van der Waals surface area contributed by atoms with Crippen LogP contribution in [0.5, 0.6) is 5.75 Å². The van der Waals surface area contributed by atoms with Gasteiger partial charge in [0.25, 0.3) is 0 Å². The average Bonchev–Trinajstić information content (AvgIpc) is 2.81. The molecule has 0 saturated heterocycles. The standard InChI is InChI=1S/C15H19N3O/c1-4-7-15(2,3)19-14-10-12(16)5-6-13(14)18-9-8-17-11-18/h4-6,8-11H,1,7,16H2,2-3H3. The van der Waals surface area contributed by atoms with Crippen LogP contribution in [0.3, 0.4) is 0 Å². The summed E-state index contributed by atoms with van der Waals surface area (Å²) in [4.78, 5) is 4.05. The molecule has 4 nitrogen and oxygen atoms in total. The van der Waals surface area contributed by atoms with Crippen LogP contribution in [0.15, 0.2) is 49.6 Å². The average molecular weight is 257 g/mol. The lowest BCUT2D eigenvalue weighted by molar-refractivity contribution is 0.113. The second kappa shape index (κ2) is 5.18. The summed E-state index contributed by atoms with van der Waals surface area (Å²) in [5.41, 5.74) is 7.11. The number of ether oxygens (including phenoxy) is 1. The summed E-state index contributed by atoms with van der Waals surface area (Å²) in [5, 5.41) is 0. The van der Waals surface area contributed by atoms with Gasteiger partial charge in [0.15, 0.2) is 0 Å². The number of hydrogen-bond acceptors (Lipinski definition) is 3. The third kappa shape index (κ3) is 3.16. The van der Waals surface area contributed by atoms with E-state index in [-0.39, 0.29) is 5.60 Å². The van der Waals surface area contributed by atoms with Crippen molar-refractivity contribution in [2.24, 2.45) is 0 Å². The van der Waals surface area contributed by atoms with Crippen LogP contribution in [-0.2, 0) is 0 Å². The van der Waals surface area contributed by atoms with Gasteiger partial charge < -0.3 is 15.0 Å². The highest BCUT2D eigenvalue weighted by molar-refractivity contribution is 5.56. The van der Waals surface area contributed by atoms with Gasteiger partial charge in [0, 0.05) is 30.6 Å². The second-order valence-electron chi connectivity index (χ2n) is 5.05. The maximum Gasteiger partial charge on any atom is 0.146 e. The van der Waals surface area contributed by atoms with E-state index >= 15 is 0 Å². The number of rotatable bonds is 5. The highest BCUT2D eigenvalue weighted by Crippen LogP contribution is 2.30. The Bertz CT molecular complexity index is 559. The fraction of sp³-hybridized carbons (Fsp3) is 0.267. The molecule has 0 aliphatic heterocycles. The zero-order valence-electron chi connectivity index (χ0n) is 11.3. The molecular weight excluding hydrogens is 238 g/mol. The highest BCUT2D eigenvalue weighted by Gasteiger charge is 2.20. The number of anilines is 1. The third-order valence-electron chi connectivity index (χ3n) is 2.79. The van der Waals surface area contributed by atoms with Crippen LogP contribution in [-0.4, -0.2) is 15.2 Å². The molecule has 2 rings (SSSR count). The fourth-order valence-electron chi connectivity index (χ4n) is 1.91. The second-order valence-corrected chi connectivity index (χ2v) is 5.05. The Balaban J connectivity index is 2.38. The van der Waals surface area contributed by atoms with Crippen LogP contribution in [0.25, 0.3) is 5.69 Å². The van der Waals surface area contributed by atoms with E-state index in [1.54, 1.807) is 12.5 Å². The van der Waals surface area contributed by atoms with Gasteiger partial charge in [-0.1, -0.05) is 6.08 Å². The molecule has 0 aliphatic carbocycles.